The lowest BCUT2D eigenvalue weighted by molar-refractivity contribution is -0.116. The van der Waals surface area contributed by atoms with E-state index < -0.39 is 0 Å². The SMILES string of the molecule is O=C1C[C@H](c2ccccc2)CC2=C1[C@H](c1ccccc1OCc1ccccc1)Nc1ccccc1N2. The number of Topliss-reactive ketones (excluding diaryl/α,β-unsaturated/α-hetero) is 1. The fourth-order valence-electron chi connectivity index (χ4n) is 5.27. The molecule has 0 aromatic heterocycles. The highest BCUT2D eigenvalue weighted by Gasteiger charge is 2.37. The third-order valence-electron chi connectivity index (χ3n) is 7.05. The molecule has 4 aromatic rings. The summed E-state index contributed by atoms with van der Waals surface area (Å²) < 4.78 is 6.32. The van der Waals surface area contributed by atoms with E-state index in [1.165, 1.54) is 5.56 Å². The van der Waals surface area contributed by atoms with E-state index in [0.29, 0.717) is 13.0 Å². The van der Waals surface area contributed by atoms with E-state index in [1.54, 1.807) is 0 Å². The Labute approximate surface area is 211 Å². The number of carbonyl (C=O) groups excluding carboxylic acids is 1. The van der Waals surface area contributed by atoms with E-state index in [2.05, 4.69) is 53.1 Å². The Bertz CT molecular complexity index is 1410. The molecule has 0 saturated heterocycles. The number of fused-ring (bicyclic) bond motifs is 1. The first kappa shape index (κ1) is 22.2. The molecule has 0 bridgehead atoms. The molecule has 0 amide bonds. The number of hydrogen-bond acceptors (Lipinski definition) is 4. The van der Waals surface area contributed by atoms with Gasteiger partial charge in [0.1, 0.15) is 12.4 Å². The molecule has 0 spiro atoms. The molecular weight excluding hydrogens is 444 g/mol. The molecular formula is C32H28N2O2. The maximum absolute atomic E-state index is 13.8. The molecule has 0 fully saturated rings. The third kappa shape index (κ3) is 4.38. The van der Waals surface area contributed by atoms with E-state index in [0.717, 1.165) is 45.9 Å². The lowest BCUT2D eigenvalue weighted by atomic mass is 9.78. The van der Waals surface area contributed by atoms with Gasteiger partial charge in [-0.3, -0.25) is 4.79 Å². The Morgan fingerprint density at radius 1 is 0.722 bits per heavy atom. The predicted molar refractivity (Wildman–Crippen MR) is 144 cm³/mol. The van der Waals surface area contributed by atoms with Crippen molar-refractivity contribution in [2.24, 2.45) is 0 Å². The normalized spacial score (nSPS) is 18.8. The van der Waals surface area contributed by atoms with Crippen LogP contribution in [0.1, 0.15) is 41.5 Å². The van der Waals surface area contributed by atoms with Crippen LogP contribution in [0.5, 0.6) is 5.75 Å². The van der Waals surface area contributed by atoms with Gasteiger partial charge in [-0.1, -0.05) is 91.0 Å². The fourth-order valence-corrected chi connectivity index (χ4v) is 5.27. The number of ketones is 1. The van der Waals surface area contributed by atoms with Crippen molar-refractivity contribution in [2.75, 3.05) is 10.6 Å². The van der Waals surface area contributed by atoms with Crippen molar-refractivity contribution in [3.63, 3.8) is 0 Å². The summed E-state index contributed by atoms with van der Waals surface area (Å²) in [4.78, 5) is 13.8. The number of benzene rings is 4. The molecule has 1 heterocycles. The number of nitrogens with one attached hydrogen (secondary N) is 2. The van der Waals surface area contributed by atoms with E-state index in [4.69, 9.17) is 4.74 Å². The van der Waals surface area contributed by atoms with Crippen LogP contribution in [0.15, 0.2) is 120 Å². The largest absolute Gasteiger partial charge is 0.489 e. The van der Waals surface area contributed by atoms with Crippen LogP contribution in [0.2, 0.25) is 0 Å². The van der Waals surface area contributed by atoms with Crippen molar-refractivity contribution in [2.45, 2.75) is 31.4 Å². The predicted octanol–water partition coefficient (Wildman–Crippen LogP) is 7.25. The second kappa shape index (κ2) is 9.74. The first-order valence-corrected chi connectivity index (χ1v) is 12.5. The Hall–Kier alpha value is -4.31. The smallest absolute Gasteiger partial charge is 0.163 e. The topological polar surface area (TPSA) is 50.4 Å². The molecule has 1 aliphatic carbocycles. The van der Waals surface area contributed by atoms with Crippen LogP contribution in [0.4, 0.5) is 11.4 Å². The quantitative estimate of drug-likeness (QED) is 0.321. The Morgan fingerprint density at radius 2 is 1.39 bits per heavy atom. The number of rotatable bonds is 5. The first-order valence-electron chi connectivity index (χ1n) is 12.5. The van der Waals surface area contributed by atoms with Crippen LogP contribution in [0.3, 0.4) is 0 Å². The zero-order valence-electron chi connectivity index (χ0n) is 20.0. The number of allylic oxidation sites excluding steroid dienone is 1. The highest BCUT2D eigenvalue weighted by atomic mass is 16.5. The minimum atomic E-state index is -0.313. The van der Waals surface area contributed by atoms with Crippen LogP contribution in [-0.2, 0) is 11.4 Å². The van der Waals surface area contributed by atoms with Crippen molar-refractivity contribution in [1.82, 2.24) is 0 Å². The third-order valence-corrected chi connectivity index (χ3v) is 7.05. The van der Waals surface area contributed by atoms with E-state index >= 15 is 0 Å². The van der Waals surface area contributed by atoms with Gasteiger partial charge < -0.3 is 15.4 Å². The molecule has 0 unspecified atom stereocenters. The van der Waals surface area contributed by atoms with Gasteiger partial charge in [0, 0.05) is 23.3 Å². The summed E-state index contributed by atoms with van der Waals surface area (Å²) in [5.74, 6) is 1.10. The molecule has 2 aliphatic rings. The minimum Gasteiger partial charge on any atom is -0.489 e. The highest BCUT2D eigenvalue weighted by molar-refractivity contribution is 6.01. The fraction of sp³-hybridized carbons (Fsp3) is 0.156. The van der Waals surface area contributed by atoms with E-state index in [-0.39, 0.29) is 17.7 Å². The lowest BCUT2D eigenvalue weighted by Gasteiger charge is -2.30. The molecule has 1 aliphatic heterocycles. The van der Waals surface area contributed by atoms with Gasteiger partial charge >= 0.3 is 0 Å². The maximum Gasteiger partial charge on any atom is 0.163 e. The van der Waals surface area contributed by atoms with Crippen molar-refractivity contribution in [1.29, 1.82) is 0 Å². The van der Waals surface area contributed by atoms with Crippen molar-refractivity contribution in [3.05, 3.63) is 137 Å². The van der Waals surface area contributed by atoms with Crippen LogP contribution < -0.4 is 15.4 Å². The van der Waals surface area contributed by atoms with Gasteiger partial charge in [0.2, 0.25) is 0 Å². The molecule has 178 valence electrons. The lowest BCUT2D eigenvalue weighted by Crippen LogP contribution is -2.27. The zero-order valence-corrected chi connectivity index (χ0v) is 20.0. The number of hydrogen-bond donors (Lipinski definition) is 2. The monoisotopic (exact) mass is 472 g/mol. The molecule has 0 saturated carbocycles. The van der Waals surface area contributed by atoms with Crippen molar-refractivity contribution >= 4 is 17.2 Å². The van der Waals surface area contributed by atoms with Gasteiger partial charge in [0.05, 0.1) is 17.4 Å². The summed E-state index contributed by atoms with van der Waals surface area (Å²) in [5, 5.41) is 7.30. The second-order valence-corrected chi connectivity index (χ2v) is 9.39. The standard InChI is InChI=1S/C32H28N2O2/c35-29-20-24(23-13-5-2-6-14-23)19-28-31(29)32(34-27-17-9-8-16-26(27)33-28)25-15-7-10-18-30(25)36-21-22-11-3-1-4-12-22/h1-18,24,32-34H,19-21H2/t24-,32+/m1/s1. The summed E-state index contributed by atoms with van der Waals surface area (Å²) in [6.07, 6.45) is 1.27. The zero-order chi connectivity index (χ0) is 24.3. The van der Waals surface area contributed by atoms with Gasteiger partial charge in [0.15, 0.2) is 5.78 Å². The Kier molecular flexibility index (Phi) is 6.00. The van der Waals surface area contributed by atoms with Crippen molar-refractivity contribution < 1.29 is 9.53 Å². The molecule has 4 aromatic carbocycles. The van der Waals surface area contributed by atoms with E-state index in [1.807, 2.05) is 66.7 Å². The summed E-state index contributed by atoms with van der Waals surface area (Å²) >= 11 is 0. The van der Waals surface area contributed by atoms with Gasteiger partial charge in [-0.2, -0.15) is 0 Å². The van der Waals surface area contributed by atoms with Crippen LogP contribution in [0, 0.1) is 0 Å². The van der Waals surface area contributed by atoms with Gasteiger partial charge in [-0.25, -0.2) is 0 Å². The molecule has 36 heavy (non-hydrogen) atoms. The van der Waals surface area contributed by atoms with Gasteiger partial charge in [-0.15, -0.1) is 0 Å². The van der Waals surface area contributed by atoms with Gasteiger partial charge in [-0.05, 0) is 41.7 Å². The second-order valence-electron chi connectivity index (χ2n) is 9.39. The summed E-state index contributed by atoms with van der Waals surface area (Å²) in [6, 6.07) is 36.4. The number of para-hydroxylation sites is 3. The molecule has 2 N–H and O–H groups in total. The molecule has 4 heteroatoms. The minimum absolute atomic E-state index is 0.153. The Morgan fingerprint density at radius 3 is 2.19 bits per heavy atom. The number of ether oxygens (including phenoxy) is 1. The first-order chi connectivity index (χ1) is 17.8. The average Bonchev–Trinajstić information content (AvgIpc) is 3.10. The van der Waals surface area contributed by atoms with Crippen LogP contribution >= 0.6 is 0 Å². The molecule has 4 nitrogen and oxygen atoms in total. The van der Waals surface area contributed by atoms with Crippen LogP contribution in [-0.4, -0.2) is 5.78 Å². The number of anilines is 2. The highest BCUT2D eigenvalue weighted by Crippen LogP contribution is 2.45. The summed E-state index contributed by atoms with van der Waals surface area (Å²) in [6.45, 7) is 0.468. The Balaban J connectivity index is 1.41. The summed E-state index contributed by atoms with van der Waals surface area (Å²) in [5.41, 5.74) is 7.01. The molecule has 0 radical (unpaired) electrons. The van der Waals surface area contributed by atoms with Crippen molar-refractivity contribution in [3.8, 4) is 5.75 Å². The van der Waals surface area contributed by atoms with E-state index in [9.17, 15) is 4.79 Å². The molecule has 6 rings (SSSR count). The average molecular weight is 473 g/mol. The number of carbonyl (C=O) groups is 1. The maximum atomic E-state index is 13.8. The molecule has 2 atom stereocenters. The van der Waals surface area contributed by atoms with Crippen LogP contribution in [0.25, 0.3) is 0 Å². The van der Waals surface area contributed by atoms with Gasteiger partial charge in [0.25, 0.3) is 0 Å². The summed E-state index contributed by atoms with van der Waals surface area (Å²) in [7, 11) is 0.